The third-order valence-corrected chi connectivity index (χ3v) is 4.38. The molecule has 2 N–H and O–H groups in total. The van der Waals surface area contributed by atoms with Gasteiger partial charge in [-0.15, -0.1) is 0 Å². The summed E-state index contributed by atoms with van der Waals surface area (Å²) in [6.07, 6.45) is 6.75. The molecule has 20 heavy (non-hydrogen) atoms. The summed E-state index contributed by atoms with van der Waals surface area (Å²) in [5, 5.41) is 0. The monoisotopic (exact) mass is 276 g/mol. The number of methoxy groups -OCH3 is 1. The van der Waals surface area contributed by atoms with Crippen molar-refractivity contribution in [3.8, 4) is 5.75 Å². The van der Waals surface area contributed by atoms with Crippen LogP contribution in [0.15, 0.2) is 18.2 Å². The number of hydrogen-bond acceptors (Lipinski definition) is 3. The average molecular weight is 276 g/mol. The van der Waals surface area contributed by atoms with Crippen LogP contribution in [0.5, 0.6) is 5.75 Å². The Kier molecular flexibility index (Phi) is 5.72. The molecule has 1 heterocycles. The van der Waals surface area contributed by atoms with Crippen molar-refractivity contribution in [3.63, 3.8) is 0 Å². The van der Waals surface area contributed by atoms with Crippen LogP contribution in [0.25, 0.3) is 0 Å². The number of anilines is 1. The van der Waals surface area contributed by atoms with Crippen LogP contribution in [0.3, 0.4) is 0 Å². The van der Waals surface area contributed by atoms with Crippen molar-refractivity contribution in [2.45, 2.75) is 45.6 Å². The van der Waals surface area contributed by atoms with Gasteiger partial charge in [0.15, 0.2) is 0 Å². The molecule has 112 valence electrons. The highest BCUT2D eigenvalue weighted by Crippen LogP contribution is 2.25. The molecule has 1 aliphatic heterocycles. The van der Waals surface area contributed by atoms with E-state index in [2.05, 4.69) is 17.9 Å². The van der Waals surface area contributed by atoms with Crippen LogP contribution in [0.1, 0.15) is 44.6 Å². The first-order chi connectivity index (χ1) is 9.72. The minimum absolute atomic E-state index is 0.838. The minimum atomic E-state index is 0.838. The van der Waals surface area contributed by atoms with E-state index in [1.54, 1.807) is 7.11 Å². The molecule has 1 aromatic carbocycles. The highest BCUT2D eigenvalue weighted by atomic mass is 16.5. The second-order valence-electron chi connectivity index (χ2n) is 5.93. The van der Waals surface area contributed by atoms with Crippen molar-refractivity contribution in [2.75, 3.05) is 25.9 Å². The Hall–Kier alpha value is -1.22. The molecule has 2 rings (SSSR count). The fraction of sp³-hybridized carbons (Fsp3) is 0.647. The van der Waals surface area contributed by atoms with E-state index in [0.29, 0.717) is 0 Å². The SMILES string of the molecule is CCCC1CCCN(Cc2ccc(OC)cc2N)CC1. The third-order valence-electron chi connectivity index (χ3n) is 4.38. The Bertz CT molecular complexity index is 419. The zero-order chi connectivity index (χ0) is 14.4. The normalized spacial score (nSPS) is 20.6. The van der Waals surface area contributed by atoms with Crippen molar-refractivity contribution >= 4 is 5.69 Å². The quantitative estimate of drug-likeness (QED) is 0.834. The predicted octanol–water partition coefficient (Wildman–Crippen LogP) is 3.68. The van der Waals surface area contributed by atoms with Gasteiger partial charge in [-0.2, -0.15) is 0 Å². The molecule has 1 fully saturated rings. The number of likely N-dealkylation sites (tertiary alicyclic amines) is 1. The lowest BCUT2D eigenvalue weighted by atomic mass is 9.96. The molecule has 0 aromatic heterocycles. The van der Waals surface area contributed by atoms with Gasteiger partial charge in [-0.3, -0.25) is 4.90 Å². The van der Waals surface area contributed by atoms with Crippen LogP contribution in [0.2, 0.25) is 0 Å². The lowest BCUT2D eigenvalue weighted by Gasteiger charge is -2.21. The van der Waals surface area contributed by atoms with Gasteiger partial charge >= 0.3 is 0 Å². The van der Waals surface area contributed by atoms with Gasteiger partial charge in [0.1, 0.15) is 5.75 Å². The largest absolute Gasteiger partial charge is 0.497 e. The first-order valence-corrected chi connectivity index (χ1v) is 7.87. The summed E-state index contributed by atoms with van der Waals surface area (Å²) < 4.78 is 5.21. The highest BCUT2D eigenvalue weighted by molar-refractivity contribution is 5.51. The summed E-state index contributed by atoms with van der Waals surface area (Å²) in [5.41, 5.74) is 8.19. The zero-order valence-corrected chi connectivity index (χ0v) is 12.9. The van der Waals surface area contributed by atoms with Crippen molar-refractivity contribution in [1.82, 2.24) is 4.90 Å². The van der Waals surface area contributed by atoms with E-state index >= 15 is 0 Å². The van der Waals surface area contributed by atoms with Crippen molar-refractivity contribution in [3.05, 3.63) is 23.8 Å². The van der Waals surface area contributed by atoms with Crippen LogP contribution in [0, 0.1) is 5.92 Å². The minimum Gasteiger partial charge on any atom is -0.497 e. The molecule has 0 amide bonds. The standard InChI is InChI=1S/C17H28N2O/c1-3-5-14-6-4-10-19(11-9-14)13-15-7-8-16(20-2)12-17(15)18/h7-8,12,14H,3-6,9-11,13,18H2,1-2H3. The van der Waals surface area contributed by atoms with Crippen LogP contribution in [0.4, 0.5) is 5.69 Å². The lowest BCUT2D eigenvalue weighted by Crippen LogP contribution is -2.24. The summed E-state index contributed by atoms with van der Waals surface area (Å²) in [5.74, 6) is 1.77. The van der Waals surface area contributed by atoms with Gasteiger partial charge in [0.05, 0.1) is 7.11 Å². The Balaban J connectivity index is 1.93. The number of hydrogen-bond donors (Lipinski definition) is 1. The Morgan fingerprint density at radius 3 is 2.85 bits per heavy atom. The molecule has 3 heteroatoms. The van der Waals surface area contributed by atoms with Crippen molar-refractivity contribution in [2.24, 2.45) is 5.92 Å². The van der Waals surface area contributed by atoms with Crippen LogP contribution in [-0.4, -0.2) is 25.1 Å². The maximum atomic E-state index is 6.12. The van der Waals surface area contributed by atoms with E-state index in [4.69, 9.17) is 10.5 Å². The molecule has 1 aromatic rings. The fourth-order valence-electron chi connectivity index (χ4n) is 3.16. The number of nitrogen functional groups attached to an aromatic ring is 1. The van der Waals surface area contributed by atoms with E-state index in [0.717, 1.165) is 23.9 Å². The van der Waals surface area contributed by atoms with E-state index in [1.165, 1.54) is 50.8 Å². The number of nitrogens with two attached hydrogens (primary N) is 1. The molecule has 0 bridgehead atoms. The second-order valence-corrected chi connectivity index (χ2v) is 5.93. The molecule has 1 unspecified atom stereocenters. The number of ether oxygens (including phenoxy) is 1. The van der Waals surface area contributed by atoms with Crippen LogP contribution >= 0.6 is 0 Å². The molecule has 0 saturated carbocycles. The third kappa shape index (κ3) is 4.14. The average Bonchev–Trinajstić information content (AvgIpc) is 2.67. The maximum absolute atomic E-state index is 6.12. The molecule has 1 atom stereocenters. The topological polar surface area (TPSA) is 38.5 Å². The first-order valence-electron chi connectivity index (χ1n) is 7.87. The Morgan fingerprint density at radius 1 is 1.30 bits per heavy atom. The smallest absolute Gasteiger partial charge is 0.120 e. The maximum Gasteiger partial charge on any atom is 0.120 e. The summed E-state index contributed by atoms with van der Waals surface area (Å²) in [6, 6.07) is 6.03. The van der Waals surface area contributed by atoms with Gasteiger partial charge in [-0.05, 0) is 49.9 Å². The van der Waals surface area contributed by atoms with Crippen molar-refractivity contribution < 1.29 is 4.74 Å². The molecule has 0 radical (unpaired) electrons. The Labute approximate surface area is 123 Å². The summed E-state index contributed by atoms with van der Waals surface area (Å²) >= 11 is 0. The van der Waals surface area contributed by atoms with Crippen LogP contribution in [-0.2, 0) is 6.54 Å². The van der Waals surface area contributed by atoms with Crippen molar-refractivity contribution in [1.29, 1.82) is 0 Å². The lowest BCUT2D eigenvalue weighted by molar-refractivity contribution is 0.271. The summed E-state index contributed by atoms with van der Waals surface area (Å²) in [4.78, 5) is 2.55. The van der Waals surface area contributed by atoms with Gasteiger partial charge in [0.2, 0.25) is 0 Å². The van der Waals surface area contributed by atoms with E-state index in [9.17, 15) is 0 Å². The van der Waals surface area contributed by atoms with Gasteiger partial charge in [0.25, 0.3) is 0 Å². The summed E-state index contributed by atoms with van der Waals surface area (Å²) in [6.45, 7) is 5.66. The van der Waals surface area contributed by atoms with E-state index in [-0.39, 0.29) is 0 Å². The van der Waals surface area contributed by atoms with Gasteiger partial charge in [-0.1, -0.05) is 25.8 Å². The zero-order valence-electron chi connectivity index (χ0n) is 12.9. The molecule has 1 saturated heterocycles. The molecule has 0 aliphatic carbocycles. The summed E-state index contributed by atoms with van der Waals surface area (Å²) in [7, 11) is 1.68. The predicted molar refractivity (Wildman–Crippen MR) is 84.9 cm³/mol. The van der Waals surface area contributed by atoms with E-state index < -0.39 is 0 Å². The van der Waals surface area contributed by atoms with Gasteiger partial charge in [0, 0.05) is 18.3 Å². The Morgan fingerprint density at radius 2 is 2.15 bits per heavy atom. The fourth-order valence-corrected chi connectivity index (χ4v) is 3.16. The van der Waals surface area contributed by atoms with E-state index in [1.807, 2.05) is 12.1 Å². The second kappa shape index (κ2) is 7.53. The van der Waals surface area contributed by atoms with Gasteiger partial charge < -0.3 is 10.5 Å². The molecule has 3 nitrogen and oxygen atoms in total. The number of rotatable bonds is 5. The van der Waals surface area contributed by atoms with Gasteiger partial charge in [-0.25, -0.2) is 0 Å². The molecular formula is C17H28N2O. The number of nitrogens with zero attached hydrogens (tertiary/aromatic N) is 1. The molecule has 0 spiro atoms. The number of benzene rings is 1. The molecule has 1 aliphatic rings. The molecular weight excluding hydrogens is 248 g/mol. The van der Waals surface area contributed by atoms with Crippen LogP contribution < -0.4 is 10.5 Å². The first kappa shape index (κ1) is 15.2. The highest BCUT2D eigenvalue weighted by Gasteiger charge is 2.17.